The molecule has 0 bridgehead atoms. The van der Waals surface area contributed by atoms with Crippen LogP contribution >= 0.6 is 80.3 Å². The molecule has 0 spiro atoms. The molecule has 23 heteroatoms. The second-order valence-electron chi connectivity index (χ2n) is 25.0. The van der Waals surface area contributed by atoms with E-state index in [1.807, 2.05) is 57.5 Å². The van der Waals surface area contributed by atoms with Gasteiger partial charge in [0.05, 0.1) is 14.7 Å². The SMILES string of the molecule is CN1Cc2c(Cl)cc(Cl)cc2C(c2cccc(S(=O)(=O)Cl)c2)C1.CN1Cc2c(Cl)cc(Cl)cc2C(c2cccc(S(=O)(=O)NCCCCCCCCCCCCNS(=O)(=O)c3cccc(C4CN(C)Cc5c(Cl)cc(Cl)cc54)c3)c2)C1.NCCCCCCCCCCN. The number of nitrogens with zero attached hydrogens (tertiary/aromatic N) is 3. The third-order valence-electron chi connectivity index (χ3n) is 17.5. The molecule has 13 nitrogen and oxygen atoms in total. The smallest absolute Gasteiger partial charge is 0.261 e. The van der Waals surface area contributed by atoms with Gasteiger partial charge in [0.1, 0.15) is 0 Å². The van der Waals surface area contributed by atoms with Crippen LogP contribution in [-0.4, -0.2) is 107 Å². The fraction of sp³-hybridized carbons (Fsp3) is 0.486. The molecule has 3 heterocycles. The summed E-state index contributed by atoms with van der Waals surface area (Å²) in [6.45, 7) is 6.91. The Kier molecular flexibility index (Phi) is 31.4. The highest BCUT2D eigenvalue weighted by molar-refractivity contribution is 8.13. The molecule has 3 unspecified atom stereocenters. The van der Waals surface area contributed by atoms with Gasteiger partial charge in [0.25, 0.3) is 9.05 Å². The molecule has 510 valence electrons. The lowest BCUT2D eigenvalue weighted by Gasteiger charge is -2.33. The molecule has 6 N–H and O–H groups in total. The third kappa shape index (κ3) is 23.5. The maximum atomic E-state index is 13.2. The molecule has 6 aromatic carbocycles. The van der Waals surface area contributed by atoms with Crippen LogP contribution in [-0.2, 0) is 48.7 Å². The van der Waals surface area contributed by atoms with Gasteiger partial charge in [-0.3, -0.25) is 0 Å². The lowest BCUT2D eigenvalue weighted by atomic mass is 9.85. The van der Waals surface area contributed by atoms with Gasteiger partial charge in [0.15, 0.2) is 0 Å². The standard InChI is InChI=1S/C44H54Cl4N4O4S2.C16H14Cl3NO2S.C10H24N2/c1-51-27-39(37-23-33(45)25-43(47)41(37)29-51)31-15-13-17-35(21-31)57(53,54)49-19-11-9-7-5-3-4-6-8-10-12-20-50-58(55,56)36-18-14-16-32(22-36)40-28-52(2)30-42-38(40)24-34(46)26-44(42)48;1-20-8-14(10-3-2-4-12(5-10)23(19,21)22)13-6-11(17)7-16(18)15(13)9-20;11-9-7-5-3-1-2-4-6-8-10-12/h13-18,21-26,39-40,49-50H,3-12,19-20,27-30H2,1-2H3;2-7,14H,8-9H2,1H3;1-12H2. The number of sulfonamides is 2. The number of halogens is 7. The van der Waals surface area contributed by atoms with Crippen LogP contribution in [0.1, 0.15) is 183 Å². The van der Waals surface area contributed by atoms with Crippen molar-refractivity contribution >= 4 is 109 Å². The number of nitrogens with one attached hydrogen (secondary N) is 2. The topological polar surface area (TPSA) is 188 Å². The highest BCUT2D eigenvalue weighted by Gasteiger charge is 2.31. The highest BCUT2D eigenvalue weighted by Crippen LogP contribution is 2.42. The molecule has 3 aliphatic rings. The summed E-state index contributed by atoms with van der Waals surface area (Å²) in [5.41, 5.74) is 19.7. The fourth-order valence-corrected chi connectivity index (χ4v) is 17.4. The molecule has 0 amide bonds. The molecule has 0 aliphatic carbocycles. The van der Waals surface area contributed by atoms with E-state index >= 15 is 0 Å². The zero-order valence-electron chi connectivity index (χ0n) is 53.7. The maximum absolute atomic E-state index is 13.2. The van der Waals surface area contributed by atoms with Gasteiger partial charge < -0.3 is 26.2 Å². The van der Waals surface area contributed by atoms with Crippen molar-refractivity contribution in [3.8, 4) is 0 Å². The minimum absolute atomic E-state index is 0.0154. The van der Waals surface area contributed by atoms with Gasteiger partial charge in [-0.1, -0.05) is 196 Å². The number of nitrogens with two attached hydrogens (primary N) is 2. The minimum Gasteiger partial charge on any atom is -0.330 e. The molecule has 0 fully saturated rings. The molecule has 3 atom stereocenters. The van der Waals surface area contributed by atoms with E-state index in [2.05, 4.69) is 24.1 Å². The van der Waals surface area contributed by atoms with Gasteiger partial charge >= 0.3 is 0 Å². The van der Waals surface area contributed by atoms with E-state index in [-0.39, 0.29) is 32.4 Å². The van der Waals surface area contributed by atoms with Crippen LogP contribution in [0.3, 0.4) is 0 Å². The van der Waals surface area contributed by atoms with Crippen LogP contribution < -0.4 is 20.9 Å². The molecule has 0 saturated heterocycles. The zero-order valence-corrected chi connectivity index (χ0v) is 61.5. The quantitative estimate of drug-likeness (QED) is 0.0248. The first kappa shape index (κ1) is 77.3. The normalized spacial score (nSPS) is 17.0. The van der Waals surface area contributed by atoms with E-state index < -0.39 is 29.1 Å². The van der Waals surface area contributed by atoms with Crippen molar-refractivity contribution in [1.82, 2.24) is 24.1 Å². The molecular weight excluding hydrogens is 1380 g/mol. The first-order valence-electron chi connectivity index (χ1n) is 32.5. The van der Waals surface area contributed by atoms with Crippen molar-refractivity contribution in [3.63, 3.8) is 0 Å². The summed E-state index contributed by atoms with van der Waals surface area (Å²) < 4.78 is 81.7. The third-order valence-corrected chi connectivity index (χ3v) is 23.4. The number of benzene rings is 6. The Hall–Kier alpha value is -3.08. The summed E-state index contributed by atoms with van der Waals surface area (Å²) in [7, 11) is 0.484. The molecule has 3 aliphatic heterocycles. The summed E-state index contributed by atoms with van der Waals surface area (Å²) in [5.74, 6) is -0.0854. The second-order valence-corrected chi connectivity index (χ2v) is 33.6. The largest absolute Gasteiger partial charge is 0.330 e. The Balaban J connectivity index is 0.000000284. The van der Waals surface area contributed by atoms with Crippen LogP contribution in [0.15, 0.2) is 124 Å². The Morgan fingerprint density at radius 1 is 0.387 bits per heavy atom. The van der Waals surface area contributed by atoms with Crippen molar-refractivity contribution in [2.45, 2.75) is 168 Å². The van der Waals surface area contributed by atoms with E-state index in [1.54, 1.807) is 66.7 Å². The molecule has 0 aromatic heterocycles. The van der Waals surface area contributed by atoms with Crippen molar-refractivity contribution < 1.29 is 25.3 Å². The minimum atomic E-state index is -3.76. The Bertz CT molecular complexity index is 3590. The number of hydrogen-bond acceptors (Lipinski definition) is 11. The lowest BCUT2D eigenvalue weighted by Crippen LogP contribution is -2.31. The Morgan fingerprint density at radius 2 is 0.656 bits per heavy atom. The van der Waals surface area contributed by atoms with Crippen LogP contribution in [0.2, 0.25) is 30.1 Å². The zero-order chi connectivity index (χ0) is 67.3. The number of rotatable bonds is 30. The van der Waals surface area contributed by atoms with Gasteiger partial charge in [-0.05, 0) is 183 Å². The summed E-state index contributed by atoms with van der Waals surface area (Å²) in [4.78, 5) is 7.16. The number of likely N-dealkylation sites (N-methyl/N-ethyl adjacent to an activating group) is 3. The number of fused-ring (bicyclic) bond motifs is 3. The van der Waals surface area contributed by atoms with E-state index in [0.29, 0.717) is 43.2 Å². The van der Waals surface area contributed by atoms with Crippen LogP contribution in [0.4, 0.5) is 0 Å². The molecule has 6 aromatic rings. The van der Waals surface area contributed by atoms with Crippen molar-refractivity contribution in [3.05, 3.63) is 189 Å². The van der Waals surface area contributed by atoms with Gasteiger partial charge in [-0.15, -0.1) is 0 Å². The average Bonchev–Trinajstić information content (AvgIpc) is 3.03. The van der Waals surface area contributed by atoms with E-state index in [0.717, 1.165) is 167 Å². The predicted octanol–water partition coefficient (Wildman–Crippen LogP) is 17.1. The van der Waals surface area contributed by atoms with Crippen molar-refractivity contribution in [2.75, 3.05) is 67.0 Å². The number of hydrogen-bond donors (Lipinski definition) is 4. The molecule has 93 heavy (non-hydrogen) atoms. The number of unbranched alkanes of at least 4 members (excludes halogenated alkanes) is 16. The van der Waals surface area contributed by atoms with Gasteiger partial charge in [0, 0.05) is 111 Å². The predicted molar refractivity (Wildman–Crippen MR) is 388 cm³/mol. The fourth-order valence-electron chi connectivity index (χ4n) is 12.7. The second kappa shape index (κ2) is 37.8. The van der Waals surface area contributed by atoms with E-state index in [4.69, 9.17) is 91.8 Å². The average molecular weight is 1470 g/mol. The van der Waals surface area contributed by atoms with Crippen molar-refractivity contribution in [1.29, 1.82) is 0 Å². The van der Waals surface area contributed by atoms with Crippen LogP contribution in [0.25, 0.3) is 0 Å². The van der Waals surface area contributed by atoms with E-state index in [9.17, 15) is 25.3 Å². The monoisotopic (exact) mass is 1470 g/mol. The van der Waals surface area contributed by atoms with E-state index in [1.165, 1.54) is 57.4 Å². The summed E-state index contributed by atoms with van der Waals surface area (Å²) in [5, 5.41) is 3.62. The highest BCUT2D eigenvalue weighted by atomic mass is 35.7. The van der Waals surface area contributed by atoms with Crippen molar-refractivity contribution in [2.24, 2.45) is 11.5 Å². The van der Waals surface area contributed by atoms with Gasteiger partial charge in [0.2, 0.25) is 20.0 Å². The van der Waals surface area contributed by atoms with Crippen LogP contribution in [0.5, 0.6) is 0 Å². The first-order chi connectivity index (χ1) is 44.4. The first-order valence-corrected chi connectivity index (χ1v) is 40.1. The molecule has 0 radical (unpaired) electrons. The van der Waals surface area contributed by atoms with Crippen LogP contribution in [0, 0.1) is 0 Å². The summed E-state index contributed by atoms with van der Waals surface area (Å²) in [6, 6.07) is 32.1. The molecule has 9 rings (SSSR count). The molecule has 0 saturated carbocycles. The maximum Gasteiger partial charge on any atom is 0.261 e. The van der Waals surface area contributed by atoms with Gasteiger partial charge in [-0.25, -0.2) is 34.7 Å². The summed E-state index contributed by atoms with van der Waals surface area (Å²) in [6.07, 6.45) is 20.6. The molecular formula is C70H92Cl7N7O6S3. The van der Waals surface area contributed by atoms with Gasteiger partial charge in [-0.2, -0.15) is 0 Å². The Morgan fingerprint density at radius 3 is 0.946 bits per heavy atom. The summed E-state index contributed by atoms with van der Waals surface area (Å²) >= 11 is 38.3. The Labute approximate surface area is 589 Å². The lowest BCUT2D eigenvalue weighted by molar-refractivity contribution is 0.295.